The number of thioether (sulfide) groups is 1. The average molecular weight is 405 g/mol. The molecule has 0 aliphatic carbocycles. The molecule has 0 bridgehead atoms. The number of fused-ring (bicyclic) bond motifs is 2. The fraction of sp³-hybridized carbons (Fsp3) is 0.304. The second-order valence-electron chi connectivity index (χ2n) is 7.75. The topological polar surface area (TPSA) is 41.4 Å². The zero-order chi connectivity index (χ0) is 19.8. The van der Waals surface area contributed by atoms with E-state index in [0.29, 0.717) is 12.2 Å². The van der Waals surface area contributed by atoms with E-state index in [-0.39, 0.29) is 11.9 Å². The number of aromatic nitrogens is 2. The van der Waals surface area contributed by atoms with Gasteiger partial charge < -0.3 is 9.80 Å². The Labute approximate surface area is 175 Å². The Balaban J connectivity index is 1.35. The minimum absolute atomic E-state index is 0.0722. The molecule has 1 aromatic heterocycles. The lowest BCUT2D eigenvalue weighted by atomic mass is 10.1. The van der Waals surface area contributed by atoms with Gasteiger partial charge in [-0.2, -0.15) is 5.10 Å². The first-order valence-corrected chi connectivity index (χ1v) is 11.0. The van der Waals surface area contributed by atoms with E-state index in [0.717, 1.165) is 30.8 Å². The summed E-state index contributed by atoms with van der Waals surface area (Å²) in [6.07, 6.45) is 2.91. The van der Waals surface area contributed by atoms with Gasteiger partial charge >= 0.3 is 0 Å². The highest BCUT2D eigenvalue weighted by Gasteiger charge is 2.34. The van der Waals surface area contributed by atoms with Gasteiger partial charge in [0, 0.05) is 42.5 Å². The summed E-state index contributed by atoms with van der Waals surface area (Å²) in [6, 6.07) is 18.9. The molecule has 5 rings (SSSR count). The third-order valence-electron chi connectivity index (χ3n) is 5.74. The van der Waals surface area contributed by atoms with Crippen molar-refractivity contribution in [1.82, 2.24) is 14.7 Å². The van der Waals surface area contributed by atoms with Gasteiger partial charge in [-0.25, -0.2) is 0 Å². The van der Waals surface area contributed by atoms with Crippen molar-refractivity contribution in [2.24, 2.45) is 0 Å². The van der Waals surface area contributed by atoms with Gasteiger partial charge in [-0.05, 0) is 24.1 Å². The number of hydrogen-bond acceptors (Lipinski definition) is 4. The second kappa shape index (κ2) is 7.59. The Morgan fingerprint density at radius 3 is 2.76 bits per heavy atom. The van der Waals surface area contributed by atoms with Gasteiger partial charge in [-0.15, -0.1) is 11.8 Å². The molecule has 0 fully saturated rings. The third kappa shape index (κ3) is 3.53. The first kappa shape index (κ1) is 18.3. The number of nitrogens with zero attached hydrogens (tertiary/aromatic N) is 4. The number of para-hydroxylation sites is 1. The second-order valence-corrected chi connectivity index (χ2v) is 8.81. The lowest BCUT2D eigenvalue weighted by molar-refractivity contribution is 0.0677. The molecule has 3 heterocycles. The molecule has 29 heavy (non-hydrogen) atoms. The molecule has 0 spiro atoms. The van der Waals surface area contributed by atoms with Crippen LogP contribution in [-0.4, -0.2) is 52.5 Å². The van der Waals surface area contributed by atoms with Crippen molar-refractivity contribution in [1.29, 1.82) is 0 Å². The molecule has 148 valence electrons. The van der Waals surface area contributed by atoms with Crippen molar-refractivity contribution in [3.63, 3.8) is 0 Å². The monoisotopic (exact) mass is 404 g/mol. The van der Waals surface area contributed by atoms with E-state index in [1.165, 1.54) is 16.1 Å². The summed E-state index contributed by atoms with van der Waals surface area (Å²) in [6.45, 7) is 2.30. The zero-order valence-electron chi connectivity index (χ0n) is 16.5. The quantitative estimate of drug-likeness (QED) is 0.670. The van der Waals surface area contributed by atoms with Crippen LogP contribution in [0, 0.1) is 0 Å². The Morgan fingerprint density at radius 1 is 1.10 bits per heavy atom. The zero-order valence-corrected chi connectivity index (χ0v) is 17.3. The predicted molar refractivity (Wildman–Crippen MR) is 117 cm³/mol. The molecule has 5 nitrogen and oxygen atoms in total. The smallest absolute Gasteiger partial charge is 0.274 e. The van der Waals surface area contributed by atoms with Gasteiger partial charge in [0.05, 0.1) is 18.3 Å². The van der Waals surface area contributed by atoms with Crippen LogP contribution in [0.1, 0.15) is 21.6 Å². The molecule has 2 aromatic carbocycles. The standard InChI is InChI=1S/C23H24N4OS/c1-25-15-19(16-29-21-10-6-5-9-20(21)25)27-12-11-18-14-26(24-22(18)23(27)28)13-17-7-3-2-4-8-17/h2-10,14,19H,11-13,15-16H2,1H3/t19-/m1/s1. The Hall–Kier alpha value is -2.73. The Bertz CT molecular complexity index is 1030. The van der Waals surface area contributed by atoms with Gasteiger partial charge in [-0.1, -0.05) is 42.5 Å². The van der Waals surface area contributed by atoms with Gasteiger partial charge in [0.15, 0.2) is 5.69 Å². The fourth-order valence-electron chi connectivity index (χ4n) is 4.24. The van der Waals surface area contributed by atoms with Crippen LogP contribution >= 0.6 is 11.8 Å². The minimum atomic E-state index is 0.0722. The number of benzene rings is 2. The first-order valence-electron chi connectivity index (χ1n) is 10.0. The van der Waals surface area contributed by atoms with Crippen LogP contribution in [0.15, 0.2) is 65.7 Å². The van der Waals surface area contributed by atoms with Gasteiger partial charge in [0.2, 0.25) is 0 Å². The van der Waals surface area contributed by atoms with Crippen molar-refractivity contribution < 1.29 is 4.79 Å². The molecule has 0 saturated heterocycles. The molecule has 0 unspecified atom stereocenters. The molecule has 3 aromatic rings. The van der Waals surface area contributed by atoms with Crippen molar-refractivity contribution >= 4 is 23.4 Å². The van der Waals surface area contributed by atoms with E-state index >= 15 is 0 Å². The number of rotatable bonds is 3. The van der Waals surface area contributed by atoms with Crippen LogP contribution in [0.4, 0.5) is 5.69 Å². The molecule has 0 N–H and O–H groups in total. The normalized spacial score (nSPS) is 18.9. The minimum Gasteiger partial charge on any atom is -0.372 e. The van der Waals surface area contributed by atoms with Crippen LogP contribution in [0.3, 0.4) is 0 Å². The molecule has 1 amide bonds. The van der Waals surface area contributed by atoms with Crippen molar-refractivity contribution in [3.8, 4) is 0 Å². The van der Waals surface area contributed by atoms with Crippen LogP contribution in [0.5, 0.6) is 0 Å². The molecular weight excluding hydrogens is 380 g/mol. The Kier molecular flexibility index (Phi) is 4.79. The van der Waals surface area contributed by atoms with E-state index in [1.54, 1.807) is 0 Å². The number of anilines is 1. The maximum Gasteiger partial charge on any atom is 0.274 e. The summed E-state index contributed by atoms with van der Waals surface area (Å²) in [5, 5.41) is 4.66. The highest BCUT2D eigenvalue weighted by Crippen LogP contribution is 2.34. The number of amides is 1. The maximum atomic E-state index is 13.3. The summed E-state index contributed by atoms with van der Waals surface area (Å²) < 4.78 is 1.91. The van der Waals surface area contributed by atoms with Crippen molar-refractivity contribution in [2.45, 2.75) is 23.9 Å². The lowest BCUT2D eigenvalue weighted by Crippen LogP contribution is -2.50. The molecular formula is C23H24N4OS. The molecule has 0 saturated carbocycles. The number of carbonyl (C=O) groups is 1. The van der Waals surface area contributed by atoms with E-state index in [2.05, 4.69) is 53.4 Å². The van der Waals surface area contributed by atoms with E-state index < -0.39 is 0 Å². The van der Waals surface area contributed by atoms with Gasteiger partial charge in [0.25, 0.3) is 5.91 Å². The van der Waals surface area contributed by atoms with Gasteiger partial charge in [-0.3, -0.25) is 9.48 Å². The molecule has 1 atom stereocenters. The molecule has 0 radical (unpaired) electrons. The number of carbonyl (C=O) groups excluding carboxylic acids is 1. The average Bonchev–Trinajstić information content (AvgIpc) is 3.08. The number of likely N-dealkylation sites (N-methyl/N-ethyl adjacent to an activating group) is 1. The molecule has 6 heteroatoms. The molecule has 2 aliphatic heterocycles. The van der Waals surface area contributed by atoms with Crippen LogP contribution in [0.2, 0.25) is 0 Å². The van der Waals surface area contributed by atoms with Crippen molar-refractivity contribution in [3.05, 3.63) is 77.6 Å². The first-order chi connectivity index (χ1) is 14.2. The van der Waals surface area contributed by atoms with E-state index in [4.69, 9.17) is 0 Å². The highest BCUT2D eigenvalue weighted by atomic mass is 32.2. The van der Waals surface area contributed by atoms with E-state index in [1.807, 2.05) is 45.7 Å². The number of hydrogen-bond donors (Lipinski definition) is 0. The van der Waals surface area contributed by atoms with Crippen LogP contribution in [-0.2, 0) is 13.0 Å². The van der Waals surface area contributed by atoms with Gasteiger partial charge in [0.1, 0.15) is 0 Å². The third-order valence-corrected chi connectivity index (χ3v) is 6.95. The van der Waals surface area contributed by atoms with Crippen LogP contribution < -0.4 is 4.90 Å². The summed E-state index contributed by atoms with van der Waals surface area (Å²) in [7, 11) is 2.12. The van der Waals surface area contributed by atoms with E-state index in [9.17, 15) is 4.79 Å². The summed E-state index contributed by atoms with van der Waals surface area (Å²) in [5.41, 5.74) is 4.13. The summed E-state index contributed by atoms with van der Waals surface area (Å²) in [5.74, 6) is 0.982. The predicted octanol–water partition coefficient (Wildman–Crippen LogP) is 3.54. The fourth-order valence-corrected chi connectivity index (χ4v) is 5.44. The maximum absolute atomic E-state index is 13.3. The summed E-state index contributed by atoms with van der Waals surface area (Å²) >= 11 is 1.84. The SMILES string of the molecule is CN1C[C@@H](N2CCc3cn(Cc4ccccc4)nc3C2=O)CSc2ccccc21. The highest BCUT2D eigenvalue weighted by molar-refractivity contribution is 7.99. The largest absolute Gasteiger partial charge is 0.372 e. The van der Waals surface area contributed by atoms with Crippen LogP contribution in [0.25, 0.3) is 0 Å². The molecule has 2 aliphatic rings. The summed E-state index contributed by atoms with van der Waals surface area (Å²) in [4.78, 5) is 18.9. The lowest BCUT2D eigenvalue weighted by Gasteiger charge is -2.35. The Morgan fingerprint density at radius 2 is 1.90 bits per heavy atom. The van der Waals surface area contributed by atoms with Crippen molar-refractivity contribution in [2.75, 3.05) is 30.8 Å².